The van der Waals surface area contributed by atoms with Crippen LogP contribution in [0.25, 0.3) is 0 Å². The quantitative estimate of drug-likeness (QED) is 0.677. The number of aromatic carboxylic acids is 1. The SMILES string of the molecule is Cc1nc(Nc2ccc(C(=O)O)cc2)cc(N2CCN(c3ncccn3)CC2)n1. The summed E-state index contributed by atoms with van der Waals surface area (Å²) >= 11 is 0. The predicted octanol–water partition coefficient (Wildman–Crippen LogP) is 2.34. The van der Waals surface area contributed by atoms with E-state index >= 15 is 0 Å². The molecule has 1 aliphatic heterocycles. The summed E-state index contributed by atoms with van der Waals surface area (Å²) in [5.74, 6) is 2.00. The Kier molecular flexibility index (Phi) is 5.19. The Labute approximate surface area is 168 Å². The van der Waals surface area contributed by atoms with Gasteiger partial charge in [-0.15, -0.1) is 0 Å². The van der Waals surface area contributed by atoms with E-state index in [-0.39, 0.29) is 5.56 Å². The fraction of sp³-hybridized carbons (Fsp3) is 0.250. The average Bonchev–Trinajstić information content (AvgIpc) is 2.74. The second kappa shape index (κ2) is 8.09. The lowest BCUT2D eigenvalue weighted by atomic mass is 10.2. The van der Waals surface area contributed by atoms with Gasteiger partial charge in [0.05, 0.1) is 5.56 Å². The van der Waals surface area contributed by atoms with E-state index in [1.165, 1.54) is 0 Å². The molecule has 0 amide bonds. The topological polar surface area (TPSA) is 107 Å². The van der Waals surface area contributed by atoms with Crippen molar-refractivity contribution in [1.82, 2.24) is 19.9 Å². The molecule has 0 aliphatic carbocycles. The molecule has 1 aromatic carbocycles. The van der Waals surface area contributed by atoms with Crippen LogP contribution in [0.2, 0.25) is 0 Å². The van der Waals surface area contributed by atoms with Gasteiger partial charge in [-0.3, -0.25) is 0 Å². The van der Waals surface area contributed by atoms with Crippen LogP contribution in [-0.4, -0.2) is 57.2 Å². The molecule has 0 saturated carbocycles. The standard InChI is InChI=1S/C20H21N7O2/c1-14-23-17(25-16-5-3-15(4-6-16)19(28)29)13-18(24-14)26-9-11-27(12-10-26)20-21-7-2-8-22-20/h2-8,13H,9-12H2,1H3,(H,28,29)(H,23,24,25). The molecule has 3 aromatic rings. The first-order chi connectivity index (χ1) is 14.1. The van der Waals surface area contributed by atoms with Crippen LogP contribution in [0.4, 0.5) is 23.3 Å². The molecule has 0 unspecified atom stereocenters. The van der Waals surface area contributed by atoms with Crippen LogP contribution in [0.1, 0.15) is 16.2 Å². The van der Waals surface area contributed by atoms with Gasteiger partial charge in [-0.1, -0.05) is 0 Å². The van der Waals surface area contributed by atoms with Gasteiger partial charge in [-0.2, -0.15) is 0 Å². The Bertz CT molecular complexity index is 987. The van der Waals surface area contributed by atoms with Crippen LogP contribution in [0.5, 0.6) is 0 Å². The highest BCUT2D eigenvalue weighted by Crippen LogP contribution is 2.22. The highest BCUT2D eigenvalue weighted by Gasteiger charge is 2.20. The number of carboxylic acid groups (broad SMARTS) is 1. The number of piperazine rings is 1. The molecule has 1 saturated heterocycles. The van der Waals surface area contributed by atoms with Crippen molar-refractivity contribution in [3.8, 4) is 0 Å². The third kappa shape index (κ3) is 4.40. The molecular weight excluding hydrogens is 370 g/mol. The minimum absolute atomic E-state index is 0.246. The smallest absolute Gasteiger partial charge is 0.335 e. The zero-order valence-electron chi connectivity index (χ0n) is 16.0. The summed E-state index contributed by atoms with van der Waals surface area (Å²) < 4.78 is 0. The first kappa shape index (κ1) is 18.6. The molecule has 0 atom stereocenters. The third-order valence-corrected chi connectivity index (χ3v) is 4.67. The summed E-state index contributed by atoms with van der Waals surface area (Å²) in [7, 11) is 0. The zero-order valence-corrected chi connectivity index (χ0v) is 16.0. The van der Waals surface area contributed by atoms with Crippen LogP contribution in [0.3, 0.4) is 0 Å². The molecule has 9 heteroatoms. The van der Waals surface area contributed by atoms with Crippen LogP contribution in [0.15, 0.2) is 48.8 Å². The summed E-state index contributed by atoms with van der Waals surface area (Å²) in [6.07, 6.45) is 3.51. The maximum atomic E-state index is 11.0. The van der Waals surface area contributed by atoms with E-state index in [0.29, 0.717) is 11.6 Å². The number of aromatic nitrogens is 4. The van der Waals surface area contributed by atoms with E-state index in [2.05, 4.69) is 35.1 Å². The number of rotatable bonds is 5. The number of nitrogens with one attached hydrogen (secondary N) is 1. The van der Waals surface area contributed by atoms with E-state index in [9.17, 15) is 4.79 Å². The number of anilines is 4. The minimum Gasteiger partial charge on any atom is -0.478 e. The van der Waals surface area contributed by atoms with Crippen molar-refractivity contribution in [2.75, 3.05) is 41.3 Å². The predicted molar refractivity (Wildman–Crippen MR) is 110 cm³/mol. The van der Waals surface area contributed by atoms with E-state index in [1.54, 1.807) is 36.7 Å². The molecule has 0 spiro atoms. The number of hydrogen-bond acceptors (Lipinski definition) is 8. The maximum Gasteiger partial charge on any atom is 0.335 e. The lowest BCUT2D eigenvalue weighted by molar-refractivity contribution is 0.0697. The van der Waals surface area contributed by atoms with Crippen LogP contribution in [-0.2, 0) is 0 Å². The molecule has 0 bridgehead atoms. The van der Waals surface area contributed by atoms with Crippen LogP contribution in [0, 0.1) is 6.92 Å². The third-order valence-electron chi connectivity index (χ3n) is 4.67. The zero-order chi connectivity index (χ0) is 20.2. The molecular formula is C20H21N7O2. The van der Waals surface area contributed by atoms with E-state index in [0.717, 1.165) is 43.6 Å². The summed E-state index contributed by atoms with van der Waals surface area (Å²) in [6.45, 7) is 5.10. The van der Waals surface area contributed by atoms with Gasteiger partial charge in [0.25, 0.3) is 0 Å². The second-order valence-electron chi connectivity index (χ2n) is 6.69. The van der Waals surface area contributed by atoms with Gasteiger partial charge in [0, 0.05) is 50.3 Å². The summed E-state index contributed by atoms with van der Waals surface area (Å²) in [5, 5.41) is 12.2. The van der Waals surface area contributed by atoms with Gasteiger partial charge < -0.3 is 20.2 Å². The number of benzene rings is 1. The normalized spacial score (nSPS) is 14.0. The van der Waals surface area contributed by atoms with Crippen molar-refractivity contribution in [3.05, 3.63) is 60.2 Å². The number of carbonyl (C=O) groups is 1. The Hall–Kier alpha value is -3.75. The Morgan fingerprint density at radius 1 is 1.00 bits per heavy atom. The lowest BCUT2D eigenvalue weighted by Crippen LogP contribution is -2.47. The molecule has 1 aliphatic rings. The fourth-order valence-electron chi connectivity index (χ4n) is 3.21. The Morgan fingerprint density at radius 3 is 2.31 bits per heavy atom. The molecule has 29 heavy (non-hydrogen) atoms. The number of hydrogen-bond donors (Lipinski definition) is 2. The maximum absolute atomic E-state index is 11.0. The molecule has 2 aromatic heterocycles. The number of carboxylic acids is 1. The van der Waals surface area contributed by atoms with Crippen molar-refractivity contribution < 1.29 is 9.90 Å². The Morgan fingerprint density at radius 2 is 1.66 bits per heavy atom. The number of aryl methyl sites for hydroxylation is 1. The molecule has 148 valence electrons. The summed E-state index contributed by atoms with van der Waals surface area (Å²) in [4.78, 5) is 33.0. The van der Waals surface area contributed by atoms with Gasteiger partial charge in [-0.05, 0) is 37.3 Å². The lowest BCUT2D eigenvalue weighted by Gasteiger charge is -2.35. The van der Waals surface area contributed by atoms with Crippen molar-refractivity contribution >= 4 is 29.2 Å². The number of nitrogens with zero attached hydrogens (tertiary/aromatic N) is 6. The highest BCUT2D eigenvalue weighted by molar-refractivity contribution is 5.88. The van der Waals surface area contributed by atoms with Crippen molar-refractivity contribution in [3.63, 3.8) is 0 Å². The van der Waals surface area contributed by atoms with Crippen molar-refractivity contribution in [1.29, 1.82) is 0 Å². The largest absolute Gasteiger partial charge is 0.478 e. The van der Waals surface area contributed by atoms with Gasteiger partial charge >= 0.3 is 5.97 Å². The molecule has 3 heterocycles. The van der Waals surface area contributed by atoms with Gasteiger partial charge in [0.2, 0.25) is 5.95 Å². The monoisotopic (exact) mass is 391 g/mol. The first-order valence-electron chi connectivity index (χ1n) is 9.31. The Balaban J connectivity index is 1.45. The van der Waals surface area contributed by atoms with Crippen LogP contribution < -0.4 is 15.1 Å². The average molecular weight is 391 g/mol. The van der Waals surface area contributed by atoms with E-state index < -0.39 is 5.97 Å². The molecule has 2 N–H and O–H groups in total. The van der Waals surface area contributed by atoms with Crippen LogP contribution >= 0.6 is 0 Å². The summed E-state index contributed by atoms with van der Waals surface area (Å²) in [6, 6.07) is 10.3. The fourth-order valence-corrected chi connectivity index (χ4v) is 3.21. The molecule has 4 rings (SSSR count). The highest BCUT2D eigenvalue weighted by atomic mass is 16.4. The van der Waals surface area contributed by atoms with E-state index in [4.69, 9.17) is 5.11 Å². The second-order valence-corrected chi connectivity index (χ2v) is 6.69. The molecule has 1 fully saturated rings. The molecule has 0 radical (unpaired) electrons. The van der Waals surface area contributed by atoms with Gasteiger partial charge in [0.15, 0.2) is 0 Å². The minimum atomic E-state index is -0.947. The first-order valence-corrected chi connectivity index (χ1v) is 9.31. The van der Waals surface area contributed by atoms with Crippen molar-refractivity contribution in [2.24, 2.45) is 0 Å². The van der Waals surface area contributed by atoms with Gasteiger partial charge in [0.1, 0.15) is 17.5 Å². The van der Waals surface area contributed by atoms with Crippen molar-refractivity contribution in [2.45, 2.75) is 6.92 Å². The van der Waals surface area contributed by atoms with Gasteiger partial charge in [-0.25, -0.2) is 24.7 Å². The molecule has 9 nitrogen and oxygen atoms in total. The van der Waals surface area contributed by atoms with E-state index in [1.807, 2.05) is 19.1 Å². The summed E-state index contributed by atoms with van der Waals surface area (Å²) in [5.41, 5.74) is 1.01.